The van der Waals surface area contributed by atoms with Crippen LogP contribution in [0.4, 0.5) is 14.5 Å². The fourth-order valence-electron chi connectivity index (χ4n) is 1.09. The number of benzene rings is 1. The molecule has 1 aromatic rings. The van der Waals surface area contributed by atoms with Crippen LogP contribution in [-0.2, 0) is 4.79 Å². The van der Waals surface area contributed by atoms with Gasteiger partial charge in [0.15, 0.2) is 11.6 Å². The highest BCUT2D eigenvalue weighted by Gasteiger charge is 2.19. The van der Waals surface area contributed by atoms with Gasteiger partial charge >= 0.3 is 0 Å². The van der Waals surface area contributed by atoms with Crippen molar-refractivity contribution in [3.8, 4) is 5.75 Å². The molecular formula is C9H4F2NO2. The minimum atomic E-state index is -1.09. The largest absolute Gasteiger partial charge is 0.457 e. The molecule has 1 aromatic carbocycles. The maximum Gasteiger partial charge on any atom is 0.254 e. The van der Waals surface area contributed by atoms with Crippen LogP contribution in [0.25, 0.3) is 0 Å². The van der Waals surface area contributed by atoms with Crippen molar-refractivity contribution in [2.75, 3.05) is 5.32 Å². The molecule has 0 spiro atoms. The van der Waals surface area contributed by atoms with Gasteiger partial charge in [0.2, 0.25) is 5.82 Å². The van der Waals surface area contributed by atoms with Crippen molar-refractivity contribution in [2.24, 2.45) is 0 Å². The highest BCUT2D eigenvalue weighted by Crippen LogP contribution is 2.33. The number of carbonyl (C=O) groups excluding carboxylic acids is 1. The fraction of sp³-hybridized carbons (Fsp3) is 0. The lowest BCUT2D eigenvalue weighted by Crippen LogP contribution is -2.10. The van der Waals surface area contributed by atoms with Crippen molar-refractivity contribution in [3.05, 3.63) is 35.7 Å². The Hall–Kier alpha value is -1.91. The minimum Gasteiger partial charge on any atom is -0.457 e. The second-order valence-corrected chi connectivity index (χ2v) is 2.61. The number of nitrogens with one attached hydrogen (secondary N) is 1. The topological polar surface area (TPSA) is 38.3 Å². The van der Waals surface area contributed by atoms with Crippen LogP contribution in [0.5, 0.6) is 5.75 Å². The molecule has 14 heavy (non-hydrogen) atoms. The van der Waals surface area contributed by atoms with E-state index in [0.717, 1.165) is 12.3 Å². The quantitative estimate of drug-likeness (QED) is 0.743. The molecule has 0 aliphatic carbocycles. The lowest BCUT2D eigenvalue weighted by Gasteiger charge is -2.16. The van der Waals surface area contributed by atoms with Gasteiger partial charge in [0.25, 0.3) is 6.29 Å². The summed E-state index contributed by atoms with van der Waals surface area (Å²) in [6.45, 7) is 0. The molecule has 1 aliphatic heterocycles. The number of halogens is 2. The Morgan fingerprint density at radius 3 is 2.86 bits per heavy atom. The molecule has 1 aliphatic rings. The maximum absolute atomic E-state index is 13.0. The molecule has 1 radical (unpaired) electrons. The molecule has 0 saturated carbocycles. The molecule has 71 valence electrons. The van der Waals surface area contributed by atoms with E-state index in [0.29, 0.717) is 0 Å². The highest BCUT2D eigenvalue weighted by atomic mass is 19.2. The lowest BCUT2D eigenvalue weighted by molar-refractivity contribution is 0.410. The van der Waals surface area contributed by atoms with E-state index in [1.54, 1.807) is 0 Å². The van der Waals surface area contributed by atoms with Gasteiger partial charge in [0.1, 0.15) is 12.0 Å². The Morgan fingerprint density at radius 1 is 1.36 bits per heavy atom. The lowest BCUT2D eigenvalue weighted by atomic mass is 10.2. The first kappa shape index (κ1) is 8.68. The number of ether oxygens (including phenoxy) is 1. The Bertz CT molecular complexity index is 429. The van der Waals surface area contributed by atoms with Gasteiger partial charge in [-0.05, 0) is 12.1 Å². The zero-order chi connectivity index (χ0) is 10.1. The summed E-state index contributed by atoms with van der Waals surface area (Å²) < 4.78 is 30.5. The molecule has 0 saturated heterocycles. The van der Waals surface area contributed by atoms with Crippen molar-refractivity contribution in [2.45, 2.75) is 0 Å². The predicted molar refractivity (Wildman–Crippen MR) is 44.4 cm³/mol. The molecule has 0 amide bonds. The molecule has 1 N–H and O–H groups in total. The van der Waals surface area contributed by atoms with E-state index < -0.39 is 11.6 Å². The smallest absolute Gasteiger partial charge is 0.254 e. The molecule has 1 heterocycles. The average molecular weight is 196 g/mol. The van der Waals surface area contributed by atoms with Gasteiger partial charge in [-0.3, -0.25) is 4.79 Å². The van der Waals surface area contributed by atoms with E-state index >= 15 is 0 Å². The van der Waals surface area contributed by atoms with Gasteiger partial charge in [-0.15, -0.1) is 0 Å². The first-order valence-electron chi connectivity index (χ1n) is 3.72. The third-order valence-electron chi connectivity index (χ3n) is 1.72. The second kappa shape index (κ2) is 3.10. The molecule has 0 fully saturated rings. The average Bonchev–Trinajstić information content (AvgIpc) is 2.23. The SMILES string of the molecule is O=[C]C1=COc2c(ccc(F)c2F)N1. The van der Waals surface area contributed by atoms with Crippen molar-refractivity contribution < 1.29 is 18.3 Å². The molecule has 2 rings (SSSR count). The first-order chi connectivity index (χ1) is 6.72. The summed E-state index contributed by atoms with van der Waals surface area (Å²) in [5, 5.41) is 2.52. The minimum absolute atomic E-state index is 0.0310. The van der Waals surface area contributed by atoms with Crippen LogP contribution in [0.1, 0.15) is 0 Å². The number of anilines is 1. The van der Waals surface area contributed by atoms with Crippen LogP contribution < -0.4 is 10.1 Å². The number of rotatable bonds is 1. The monoisotopic (exact) mass is 196 g/mol. The Balaban J connectivity index is 2.47. The van der Waals surface area contributed by atoms with Crippen molar-refractivity contribution >= 4 is 12.0 Å². The van der Waals surface area contributed by atoms with Crippen LogP contribution in [-0.4, -0.2) is 6.29 Å². The molecule has 0 bridgehead atoms. The van der Waals surface area contributed by atoms with Crippen molar-refractivity contribution in [1.82, 2.24) is 0 Å². The van der Waals surface area contributed by atoms with Gasteiger partial charge in [-0.1, -0.05) is 0 Å². The summed E-state index contributed by atoms with van der Waals surface area (Å²) in [4.78, 5) is 10.2. The van der Waals surface area contributed by atoms with Crippen LogP contribution in [0.15, 0.2) is 24.1 Å². The molecule has 0 aromatic heterocycles. The molecule has 0 atom stereocenters. The second-order valence-electron chi connectivity index (χ2n) is 2.61. The molecule has 5 heteroatoms. The van der Waals surface area contributed by atoms with Gasteiger partial charge in [0, 0.05) is 0 Å². The van der Waals surface area contributed by atoms with Gasteiger partial charge in [-0.25, -0.2) is 4.39 Å². The predicted octanol–water partition coefficient (Wildman–Crippen LogP) is 1.72. The third-order valence-corrected chi connectivity index (χ3v) is 1.72. The van der Waals surface area contributed by atoms with Gasteiger partial charge in [0.05, 0.1) is 5.69 Å². The van der Waals surface area contributed by atoms with E-state index in [2.05, 4.69) is 5.32 Å². The van der Waals surface area contributed by atoms with E-state index in [1.165, 1.54) is 12.4 Å². The van der Waals surface area contributed by atoms with Crippen LogP contribution in [0.2, 0.25) is 0 Å². The highest BCUT2D eigenvalue weighted by molar-refractivity contribution is 5.81. The van der Waals surface area contributed by atoms with Crippen LogP contribution in [0, 0.1) is 11.6 Å². The third kappa shape index (κ3) is 1.22. The van der Waals surface area contributed by atoms with E-state index in [4.69, 9.17) is 4.74 Å². The van der Waals surface area contributed by atoms with E-state index in [1.807, 2.05) is 0 Å². The Morgan fingerprint density at radius 2 is 2.14 bits per heavy atom. The van der Waals surface area contributed by atoms with E-state index in [9.17, 15) is 13.6 Å². The maximum atomic E-state index is 13.0. The summed E-state index contributed by atoms with van der Waals surface area (Å²) in [5.41, 5.74) is 0.230. The standard InChI is InChI=1S/C9H4F2NO2/c10-6-1-2-7-9(8(6)11)14-4-5(3-13)12-7/h1-2,4,12H. The first-order valence-corrected chi connectivity index (χ1v) is 3.72. The zero-order valence-corrected chi connectivity index (χ0v) is 6.80. The normalized spacial score (nSPS) is 13.4. The van der Waals surface area contributed by atoms with Crippen LogP contribution >= 0.6 is 0 Å². The number of hydrogen-bond donors (Lipinski definition) is 1. The summed E-state index contributed by atoms with van der Waals surface area (Å²) in [6, 6.07) is 2.22. The molecule has 0 unspecified atom stereocenters. The van der Waals surface area contributed by atoms with Gasteiger partial charge < -0.3 is 10.1 Å². The Kier molecular flexibility index (Phi) is 1.92. The van der Waals surface area contributed by atoms with Gasteiger partial charge in [-0.2, -0.15) is 4.39 Å². The summed E-state index contributed by atoms with van der Waals surface area (Å²) in [7, 11) is 0. The van der Waals surface area contributed by atoms with Crippen molar-refractivity contribution in [1.29, 1.82) is 0 Å². The molecular weight excluding hydrogens is 192 g/mol. The summed E-state index contributed by atoms with van der Waals surface area (Å²) >= 11 is 0. The number of hydrogen-bond acceptors (Lipinski definition) is 3. The fourth-order valence-corrected chi connectivity index (χ4v) is 1.09. The summed E-state index contributed by atoms with van der Waals surface area (Å²) in [6.07, 6.45) is 2.51. The van der Waals surface area contributed by atoms with Crippen LogP contribution in [0.3, 0.4) is 0 Å². The van der Waals surface area contributed by atoms with Crippen molar-refractivity contribution in [3.63, 3.8) is 0 Å². The number of allylic oxidation sites excluding steroid dienone is 1. The number of fused-ring (bicyclic) bond motifs is 1. The zero-order valence-electron chi connectivity index (χ0n) is 6.80. The molecule has 3 nitrogen and oxygen atoms in total. The summed E-state index contributed by atoms with van der Waals surface area (Å²) in [5.74, 6) is -2.35. The van der Waals surface area contributed by atoms with E-state index in [-0.39, 0.29) is 17.1 Å². The Labute approximate surface area is 78.0 Å².